The number of aromatic nitrogens is 3. The summed E-state index contributed by atoms with van der Waals surface area (Å²) in [5, 5.41) is 10.2. The molecule has 10 heavy (non-hydrogen) atoms. The average molecular weight is 154 g/mol. The smallest absolute Gasteiger partial charge is 0.347 e. The minimum atomic E-state index is -0.598. The van der Waals surface area contributed by atoms with E-state index in [1.165, 1.54) is 6.19 Å². The summed E-state index contributed by atoms with van der Waals surface area (Å²) in [4.78, 5) is 21.3. The molecule has 0 fully saturated rings. The zero-order chi connectivity index (χ0) is 7.72. The molecule has 6 nitrogen and oxygen atoms in total. The van der Waals surface area contributed by atoms with Crippen molar-refractivity contribution in [3.8, 4) is 6.19 Å². The molecule has 7 heteroatoms. The molecular weight excluding hydrogens is 151 g/mol. The number of rotatable bonds is 0. The molecule has 0 aliphatic rings. The van der Waals surface area contributed by atoms with E-state index in [9.17, 15) is 9.59 Å². The first-order chi connectivity index (χ1) is 4.66. The highest BCUT2D eigenvalue weighted by molar-refractivity contribution is 6.06. The summed E-state index contributed by atoms with van der Waals surface area (Å²) in [6.07, 6.45) is 1.51. The van der Waals surface area contributed by atoms with Crippen molar-refractivity contribution in [2.75, 3.05) is 0 Å². The fraction of sp³-hybridized carbons (Fsp3) is 0. The minimum Gasteiger partial charge on any atom is -0.347 e. The molecule has 1 N–H and O–H groups in total. The van der Waals surface area contributed by atoms with Gasteiger partial charge in [0.1, 0.15) is 0 Å². The first-order valence-corrected chi connectivity index (χ1v) is 3.34. The lowest BCUT2D eigenvalue weighted by Crippen LogP contribution is -2.26. The molecule has 0 atom stereocenters. The van der Waals surface area contributed by atoms with Crippen LogP contribution in [0.3, 0.4) is 0 Å². The second-order valence-corrected chi connectivity index (χ2v) is 2.59. The molecule has 0 amide bonds. The SMILES string of the molecule is N#Cn1[nH]c(=O)[n]([AlH2])c1=O. The van der Waals surface area contributed by atoms with Gasteiger partial charge >= 0.3 is 27.9 Å². The summed E-state index contributed by atoms with van der Waals surface area (Å²) in [7, 11) is 0. The molecule has 0 bridgehead atoms. The molecule has 0 aliphatic carbocycles. The Bertz CT molecular complexity index is 390. The first-order valence-electron chi connectivity index (χ1n) is 2.45. The fourth-order valence-electron chi connectivity index (χ4n) is 0.523. The van der Waals surface area contributed by atoms with Gasteiger partial charge in [-0.2, -0.15) is 5.26 Å². The number of nitrogens with one attached hydrogen (secondary N) is 1. The summed E-state index contributed by atoms with van der Waals surface area (Å²) >= 11 is 0.292. The van der Waals surface area contributed by atoms with E-state index in [2.05, 4.69) is 0 Å². The van der Waals surface area contributed by atoms with E-state index in [1.54, 1.807) is 0 Å². The predicted molar refractivity (Wildman–Crippen MR) is 34.3 cm³/mol. The fourth-order valence-corrected chi connectivity index (χ4v) is 0.823. The monoisotopic (exact) mass is 154 g/mol. The Hall–Kier alpha value is -1.24. The van der Waals surface area contributed by atoms with Crippen LogP contribution in [-0.2, 0) is 0 Å². The molecule has 50 valence electrons. The number of H-pyrrole nitrogens is 1. The molecule has 1 heterocycles. The Kier molecular flexibility index (Phi) is 1.50. The van der Waals surface area contributed by atoms with Crippen LogP contribution in [0.5, 0.6) is 0 Å². The van der Waals surface area contributed by atoms with Gasteiger partial charge in [0.25, 0.3) is 0 Å². The zero-order valence-electron chi connectivity index (χ0n) is 5.16. The molecule has 1 aromatic rings. The van der Waals surface area contributed by atoms with Gasteiger partial charge in [0.05, 0.1) is 0 Å². The quantitative estimate of drug-likeness (QED) is 0.406. The lowest BCUT2D eigenvalue weighted by atomic mass is 11.1. The zero-order valence-corrected chi connectivity index (χ0v) is 7.16. The van der Waals surface area contributed by atoms with Crippen molar-refractivity contribution in [3.63, 3.8) is 0 Å². The second-order valence-electron chi connectivity index (χ2n) is 1.69. The Labute approximate surface area is 62.9 Å². The number of nitrogens with zero attached hydrogens (tertiary/aromatic N) is 3. The van der Waals surface area contributed by atoms with Crippen LogP contribution in [0.2, 0.25) is 0 Å². The largest absolute Gasteiger partial charge is 0.386 e. The summed E-state index contributed by atoms with van der Waals surface area (Å²) < 4.78 is 1.54. The van der Waals surface area contributed by atoms with Gasteiger partial charge in [-0.15, -0.1) is 4.68 Å². The van der Waals surface area contributed by atoms with E-state index in [1.807, 2.05) is 5.10 Å². The average Bonchev–Trinajstić information content (AvgIpc) is 2.17. The Morgan fingerprint density at radius 2 is 2.20 bits per heavy atom. The number of aromatic amines is 1. The highest BCUT2D eigenvalue weighted by Gasteiger charge is 2.00. The third-order valence-electron chi connectivity index (χ3n) is 1.09. The summed E-state index contributed by atoms with van der Waals surface area (Å²) in [5.41, 5.74) is -1.13. The van der Waals surface area contributed by atoms with Crippen LogP contribution in [0.15, 0.2) is 9.59 Å². The Morgan fingerprint density at radius 1 is 1.60 bits per heavy atom. The van der Waals surface area contributed by atoms with Gasteiger partial charge in [-0.3, -0.25) is 0 Å². The molecular formula is C3H3AlN4O2. The molecule has 0 aromatic carbocycles. The van der Waals surface area contributed by atoms with Crippen LogP contribution >= 0.6 is 0 Å². The van der Waals surface area contributed by atoms with Crippen LogP contribution in [0.25, 0.3) is 0 Å². The van der Waals surface area contributed by atoms with Crippen molar-refractivity contribution in [2.24, 2.45) is 0 Å². The summed E-state index contributed by atoms with van der Waals surface area (Å²) in [5.74, 6) is 0. The molecule has 0 saturated carbocycles. The molecule has 1 aromatic heterocycles. The number of nitriles is 1. The standard InChI is InChI=1S/C3H2N4O2.Al.2H/c4-1-7-3(9)5-2(8)6-7;;;/h(H2,5,6,8,9);;;/q;+1;;/p-1. The molecule has 0 spiro atoms. The third kappa shape index (κ3) is 0.799. The van der Waals surface area contributed by atoms with Crippen molar-refractivity contribution < 1.29 is 0 Å². The summed E-state index contributed by atoms with van der Waals surface area (Å²) in [6.45, 7) is 0. The van der Waals surface area contributed by atoms with E-state index in [0.717, 1.165) is 3.55 Å². The lowest BCUT2D eigenvalue weighted by molar-refractivity contribution is 0.848. The van der Waals surface area contributed by atoms with Crippen molar-refractivity contribution in [1.29, 1.82) is 5.26 Å². The van der Waals surface area contributed by atoms with Crippen LogP contribution in [-0.4, -0.2) is 29.8 Å². The highest BCUT2D eigenvalue weighted by atomic mass is 27.1. The third-order valence-corrected chi connectivity index (χ3v) is 1.88. The first kappa shape index (κ1) is 6.88. The van der Waals surface area contributed by atoms with Crippen molar-refractivity contribution in [3.05, 3.63) is 21.0 Å². The van der Waals surface area contributed by atoms with Crippen molar-refractivity contribution in [2.45, 2.75) is 0 Å². The Balaban J connectivity index is 3.66. The van der Waals surface area contributed by atoms with Gasteiger partial charge in [-0.05, 0) is 0 Å². The Morgan fingerprint density at radius 3 is 2.40 bits per heavy atom. The van der Waals surface area contributed by atoms with Crippen LogP contribution in [0.1, 0.15) is 0 Å². The van der Waals surface area contributed by atoms with E-state index >= 15 is 0 Å². The minimum absolute atomic E-state index is 0.292. The number of hydrogen-bond donors (Lipinski definition) is 1. The maximum absolute atomic E-state index is 10.7. The normalized spacial score (nSPS) is 9.10. The highest BCUT2D eigenvalue weighted by Crippen LogP contribution is 1.57. The molecule has 0 radical (unpaired) electrons. The van der Waals surface area contributed by atoms with Crippen LogP contribution < -0.4 is 11.4 Å². The predicted octanol–water partition coefficient (Wildman–Crippen LogP) is -2.94. The molecule has 1 rings (SSSR count). The van der Waals surface area contributed by atoms with Crippen LogP contribution in [0.4, 0.5) is 0 Å². The summed E-state index contributed by atoms with van der Waals surface area (Å²) in [6, 6.07) is 0. The van der Waals surface area contributed by atoms with E-state index in [0.29, 0.717) is 21.2 Å². The van der Waals surface area contributed by atoms with Crippen LogP contribution in [0, 0.1) is 11.5 Å². The van der Waals surface area contributed by atoms with Gasteiger partial charge in [0.15, 0.2) is 0 Å². The van der Waals surface area contributed by atoms with E-state index < -0.39 is 11.4 Å². The van der Waals surface area contributed by atoms with Crippen molar-refractivity contribution >= 4 is 16.5 Å². The van der Waals surface area contributed by atoms with Gasteiger partial charge < -0.3 is 3.55 Å². The number of hydrogen-bond acceptors (Lipinski definition) is 3. The molecule has 0 unspecified atom stereocenters. The van der Waals surface area contributed by atoms with E-state index in [-0.39, 0.29) is 0 Å². The maximum Gasteiger partial charge on any atom is 0.386 e. The molecule has 0 aliphatic heterocycles. The van der Waals surface area contributed by atoms with Gasteiger partial charge in [0.2, 0.25) is 6.19 Å². The lowest BCUT2D eigenvalue weighted by Gasteiger charge is -1.77. The van der Waals surface area contributed by atoms with Crippen molar-refractivity contribution in [1.82, 2.24) is 13.3 Å². The van der Waals surface area contributed by atoms with E-state index in [4.69, 9.17) is 5.26 Å². The van der Waals surface area contributed by atoms with Gasteiger partial charge in [0, 0.05) is 0 Å². The maximum atomic E-state index is 10.7. The van der Waals surface area contributed by atoms with Gasteiger partial charge in [-0.25, -0.2) is 14.7 Å². The topological polar surface area (TPSA) is 83.6 Å². The van der Waals surface area contributed by atoms with Gasteiger partial charge in [-0.1, -0.05) is 0 Å². The molecule has 0 saturated heterocycles. The second kappa shape index (κ2) is 2.18.